The summed E-state index contributed by atoms with van der Waals surface area (Å²) in [4.78, 5) is 11.5. The molecular weight excluding hydrogens is 258 g/mol. The number of fused-ring (bicyclic) bond motifs is 1. The molecule has 0 fully saturated rings. The molecule has 1 aromatic rings. The number of carbonyl (C=O) groups excluding carboxylic acids is 1. The van der Waals surface area contributed by atoms with Crippen LogP contribution in [0.1, 0.15) is 30.6 Å². The molecule has 0 saturated heterocycles. The second-order valence-corrected chi connectivity index (χ2v) is 4.17. The van der Waals surface area contributed by atoms with Gasteiger partial charge >= 0.3 is 5.97 Å². The van der Waals surface area contributed by atoms with Gasteiger partial charge in [0.1, 0.15) is 17.4 Å². The zero-order chi connectivity index (χ0) is 14.0. The summed E-state index contributed by atoms with van der Waals surface area (Å²) in [6.45, 7) is 1.91. The van der Waals surface area contributed by atoms with Crippen molar-refractivity contribution in [2.75, 3.05) is 13.2 Å². The van der Waals surface area contributed by atoms with Crippen LogP contribution in [-0.2, 0) is 16.0 Å². The standard InChI is InChI=1S/C13H14F2O4/c1-2-18-13(17)11(16)10-9(15)6-8(14)7-4-3-5-19-12(7)10/h6,11,16H,2-5H2,1H3. The van der Waals surface area contributed by atoms with Crippen LogP contribution < -0.4 is 4.74 Å². The highest BCUT2D eigenvalue weighted by molar-refractivity contribution is 5.77. The van der Waals surface area contributed by atoms with Gasteiger partial charge in [0, 0.05) is 11.6 Å². The maximum Gasteiger partial charge on any atom is 0.339 e. The Morgan fingerprint density at radius 3 is 2.95 bits per heavy atom. The number of hydrogen-bond donors (Lipinski definition) is 1. The van der Waals surface area contributed by atoms with Gasteiger partial charge in [-0.2, -0.15) is 0 Å². The van der Waals surface area contributed by atoms with Crippen molar-refractivity contribution in [1.82, 2.24) is 0 Å². The molecule has 1 aliphatic rings. The molecule has 0 aliphatic carbocycles. The Balaban J connectivity index is 2.47. The third-order valence-corrected chi connectivity index (χ3v) is 2.92. The molecule has 1 atom stereocenters. The minimum atomic E-state index is -1.81. The van der Waals surface area contributed by atoms with Crippen molar-refractivity contribution in [3.05, 3.63) is 28.8 Å². The molecular formula is C13H14F2O4. The van der Waals surface area contributed by atoms with E-state index in [9.17, 15) is 18.7 Å². The van der Waals surface area contributed by atoms with E-state index in [-0.39, 0.29) is 23.5 Å². The highest BCUT2D eigenvalue weighted by atomic mass is 19.1. The number of carbonyl (C=O) groups is 1. The normalized spacial score (nSPS) is 15.4. The first-order chi connectivity index (χ1) is 9.06. The van der Waals surface area contributed by atoms with Gasteiger partial charge in [-0.15, -0.1) is 0 Å². The third kappa shape index (κ3) is 2.53. The first kappa shape index (κ1) is 13.7. The Kier molecular flexibility index (Phi) is 3.99. The van der Waals surface area contributed by atoms with Crippen LogP contribution in [0.4, 0.5) is 8.78 Å². The number of ether oxygens (including phenoxy) is 2. The van der Waals surface area contributed by atoms with E-state index in [2.05, 4.69) is 4.74 Å². The van der Waals surface area contributed by atoms with E-state index in [4.69, 9.17) is 4.74 Å². The van der Waals surface area contributed by atoms with Gasteiger partial charge in [-0.25, -0.2) is 13.6 Å². The Morgan fingerprint density at radius 2 is 2.26 bits per heavy atom. The summed E-state index contributed by atoms with van der Waals surface area (Å²) in [5, 5.41) is 9.83. The number of halogens is 2. The molecule has 4 nitrogen and oxygen atoms in total. The summed E-state index contributed by atoms with van der Waals surface area (Å²) < 4.78 is 37.3. The Morgan fingerprint density at radius 1 is 1.53 bits per heavy atom. The summed E-state index contributed by atoms with van der Waals surface area (Å²) in [7, 11) is 0. The second kappa shape index (κ2) is 5.52. The van der Waals surface area contributed by atoms with Crippen LogP contribution in [0.2, 0.25) is 0 Å². The average Bonchev–Trinajstić information content (AvgIpc) is 2.39. The van der Waals surface area contributed by atoms with E-state index in [1.165, 1.54) is 0 Å². The molecule has 0 radical (unpaired) electrons. The number of benzene rings is 1. The van der Waals surface area contributed by atoms with Crippen LogP contribution in [0.5, 0.6) is 5.75 Å². The lowest BCUT2D eigenvalue weighted by Gasteiger charge is -2.23. The van der Waals surface area contributed by atoms with Gasteiger partial charge < -0.3 is 14.6 Å². The predicted octanol–water partition coefficient (Wildman–Crippen LogP) is 1.89. The van der Waals surface area contributed by atoms with Gasteiger partial charge in [0.05, 0.1) is 18.8 Å². The van der Waals surface area contributed by atoms with Gasteiger partial charge in [-0.05, 0) is 19.8 Å². The van der Waals surface area contributed by atoms with Crippen LogP contribution in [-0.4, -0.2) is 24.3 Å². The minimum Gasteiger partial charge on any atom is -0.493 e. The van der Waals surface area contributed by atoms with E-state index < -0.39 is 23.7 Å². The molecule has 1 aromatic carbocycles. The fraction of sp³-hybridized carbons (Fsp3) is 0.462. The first-order valence-electron chi connectivity index (χ1n) is 6.04. The molecule has 1 heterocycles. The molecule has 19 heavy (non-hydrogen) atoms. The van der Waals surface area contributed by atoms with Gasteiger partial charge in [-0.1, -0.05) is 0 Å². The lowest BCUT2D eigenvalue weighted by atomic mass is 9.98. The van der Waals surface area contributed by atoms with Gasteiger partial charge in [-0.3, -0.25) is 0 Å². The molecule has 0 bridgehead atoms. The van der Waals surface area contributed by atoms with Crippen molar-refractivity contribution in [3.8, 4) is 5.75 Å². The summed E-state index contributed by atoms with van der Waals surface area (Å²) in [6, 6.07) is 0.658. The van der Waals surface area contributed by atoms with Gasteiger partial charge in [0.15, 0.2) is 6.10 Å². The van der Waals surface area contributed by atoms with E-state index in [1.807, 2.05) is 0 Å². The Labute approximate surface area is 108 Å². The molecule has 1 N–H and O–H groups in total. The number of aliphatic hydroxyl groups excluding tert-OH is 1. The van der Waals surface area contributed by atoms with Crippen LogP contribution in [0.3, 0.4) is 0 Å². The SMILES string of the molecule is CCOC(=O)C(O)c1c(F)cc(F)c2c1OCCC2. The topological polar surface area (TPSA) is 55.8 Å². The minimum absolute atomic E-state index is 0.0573. The van der Waals surface area contributed by atoms with Crippen LogP contribution in [0.25, 0.3) is 0 Å². The van der Waals surface area contributed by atoms with Crippen molar-refractivity contribution in [1.29, 1.82) is 0 Å². The van der Waals surface area contributed by atoms with Crippen LogP contribution >= 0.6 is 0 Å². The molecule has 1 aliphatic heterocycles. The molecule has 104 valence electrons. The monoisotopic (exact) mass is 272 g/mol. The smallest absolute Gasteiger partial charge is 0.339 e. The zero-order valence-electron chi connectivity index (χ0n) is 10.4. The molecule has 1 unspecified atom stereocenters. The van der Waals surface area contributed by atoms with Crippen molar-refractivity contribution in [2.45, 2.75) is 25.9 Å². The van der Waals surface area contributed by atoms with E-state index in [0.29, 0.717) is 25.5 Å². The van der Waals surface area contributed by atoms with Crippen molar-refractivity contribution in [2.24, 2.45) is 0 Å². The first-order valence-corrected chi connectivity index (χ1v) is 6.04. The summed E-state index contributed by atoms with van der Waals surface area (Å²) in [5.41, 5.74) is -0.166. The molecule has 6 heteroatoms. The lowest BCUT2D eigenvalue weighted by Crippen LogP contribution is -2.21. The highest BCUT2D eigenvalue weighted by Gasteiger charge is 2.31. The highest BCUT2D eigenvalue weighted by Crippen LogP contribution is 2.37. The maximum absolute atomic E-state index is 13.8. The number of aliphatic hydroxyl groups is 1. The van der Waals surface area contributed by atoms with Gasteiger partial charge in [0.2, 0.25) is 0 Å². The second-order valence-electron chi connectivity index (χ2n) is 4.17. The Hall–Kier alpha value is -1.69. The Bertz CT molecular complexity index is 502. The van der Waals surface area contributed by atoms with Crippen molar-refractivity contribution in [3.63, 3.8) is 0 Å². The summed E-state index contributed by atoms with van der Waals surface area (Å²) >= 11 is 0. The fourth-order valence-corrected chi connectivity index (χ4v) is 2.07. The molecule has 0 amide bonds. The zero-order valence-corrected chi connectivity index (χ0v) is 10.4. The maximum atomic E-state index is 13.8. The van der Waals surface area contributed by atoms with E-state index in [0.717, 1.165) is 0 Å². The number of rotatable bonds is 3. The number of esters is 1. The summed E-state index contributed by atoms with van der Waals surface area (Å²) in [6.07, 6.45) is -0.832. The molecule has 0 saturated carbocycles. The van der Waals surface area contributed by atoms with Crippen molar-refractivity contribution < 1.29 is 28.2 Å². The number of hydrogen-bond acceptors (Lipinski definition) is 4. The van der Waals surface area contributed by atoms with E-state index >= 15 is 0 Å². The van der Waals surface area contributed by atoms with E-state index in [1.54, 1.807) is 6.92 Å². The third-order valence-electron chi connectivity index (χ3n) is 2.92. The summed E-state index contributed by atoms with van der Waals surface area (Å²) in [5.74, 6) is -2.81. The molecule has 0 aromatic heterocycles. The largest absolute Gasteiger partial charge is 0.493 e. The lowest BCUT2D eigenvalue weighted by molar-refractivity contribution is -0.153. The average molecular weight is 272 g/mol. The molecule has 0 spiro atoms. The fourth-order valence-electron chi connectivity index (χ4n) is 2.07. The van der Waals surface area contributed by atoms with Crippen molar-refractivity contribution >= 4 is 5.97 Å². The molecule has 2 rings (SSSR count). The quantitative estimate of drug-likeness (QED) is 0.854. The predicted molar refractivity (Wildman–Crippen MR) is 61.8 cm³/mol. The van der Waals surface area contributed by atoms with Crippen LogP contribution in [0, 0.1) is 11.6 Å². The van der Waals surface area contributed by atoms with Gasteiger partial charge in [0.25, 0.3) is 0 Å². The van der Waals surface area contributed by atoms with Crippen LogP contribution in [0.15, 0.2) is 6.07 Å².